The van der Waals surface area contributed by atoms with Gasteiger partial charge in [0, 0.05) is 5.69 Å². The number of nitrogens with one attached hydrogen (secondary N) is 1. The molecule has 2 N–H and O–H groups in total. The van der Waals surface area contributed by atoms with Gasteiger partial charge >= 0.3 is 0 Å². The Morgan fingerprint density at radius 1 is 1.41 bits per heavy atom. The lowest BCUT2D eigenvalue weighted by Crippen LogP contribution is -2.48. The highest BCUT2D eigenvalue weighted by Gasteiger charge is 2.39. The summed E-state index contributed by atoms with van der Waals surface area (Å²) >= 11 is 0. The van der Waals surface area contributed by atoms with Gasteiger partial charge in [-0.3, -0.25) is 4.79 Å². The highest BCUT2D eigenvalue weighted by molar-refractivity contribution is 6.51. The van der Waals surface area contributed by atoms with E-state index in [1.807, 2.05) is 0 Å². The van der Waals surface area contributed by atoms with Crippen LogP contribution in [0.5, 0.6) is 0 Å². The maximum atomic E-state index is 13.3. The second-order valence-corrected chi connectivity index (χ2v) is 4.67. The van der Waals surface area contributed by atoms with Crippen molar-refractivity contribution >= 4 is 17.2 Å². The molecule has 1 aliphatic heterocycles. The lowest BCUT2D eigenvalue weighted by molar-refractivity contribution is 0.105. The number of carbonyl (C=O) groups is 1. The fourth-order valence-electron chi connectivity index (χ4n) is 2.11. The van der Waals surface area contributed by atoms with Crippen LogP contribution in [0.2, 0.25) is 0 Å². The lowest BCUT2D eigenvalue weighted by Gasteiger charge is -2.33. The molecular formula is C12H13FN2O2. The zero-order chi connectivity index (χ0) is 12.8. The smallest absolute Gasteiger partial charge is 0.215 e. The average molecular weight is 236 g/mol. The maximum absolute atomic E-state index is 13.3. The van der Waals surface area contributed by atoms with Crippen molar-refractivity contribution in [2.24, 2.45) is 5.16 Å². The molecule has 0 saturated carbocycles. The Morgan fingerprint density at radius 3 is 2.65 bits per heavy atom. The summed E-state index contributed by atoms with van der Waals surface area (Å²) in [6, 6.07) is 2.56. The monoisotopic (exact) mass is 236 g/mol. The number of benzene rings is 1. The van der Waals surface area contributed by atoms with Crippen LogP contribution in [0.1, 0.15) is 29.8 Å². The number of anilines is 1. The average Bonchev–Trinajstić information content (AvgIpc) is 2.14. The van der Waals surface area contributed by atoms with Crippen molar-refractivity contribution in [3.8, 4) is 0 Å². The van der Waals surface area contributed by atoms with E-state index in [-0.39, 0.29) is 11.5 Å². The van der Waals surface area contributed by atoms with Gasteiger partial charge < -0.3 is 10.5 Å². The number of ketones is 1. The fraction of sp³-hybridized carbons (Fsp3) is 0.333. The first kappa shape index (κ1) is 11.6. The third-order valence-electron chi connectivity index (χ3n) is 2.88. The predicted molar refractivity (Wildman–Crippen MR) is 62.4 cm³/mol. The Balaban J connectivity index is 2.70. The first-order chi connectivity index (χ1) is 7.86. The molecule has 2 rings (SSSR count). The molecule has 1 aromatic carbocycles. The second kappa shape index (κ2) is 3.55. The molecule has 0 fully saturated rings. The molecule has 1 heterocycles. The molecular weight excluding hydrogens is 223 g/mol. The third kappa shape index (κ3) is 1.67. The van der Waals surface area contributed by atoms with Crippen LogP contribution in [0.25, 0.3) is 0 Å². The zero-order valence-corrected chi connectivity index (χ0v) is 9.84. The molecule has 0 amide bonds. The number of hydrogen-bond donors (Lipinski definition) is 2. The predicted octanol–water partition coefficient (Wildman–Crippen LogP) is 2.35. The number of carbonyl (C=O) groups excluding carboxylic acids is 1. The van der Waals surface area contributed by atoms with Gasteiger partial charge in [-0.25, -0.2) is 4.39 Å². The van der Waals surface area contributed by atoms with Crippen molar-refractivity contribution in [1.82, 2.24) is 0 Å². The summed E-state index contributed by atoms with van der Waals surface area (Å²) in [5, 5.41) is 15.0. The summed E-state index contributed by atoms with van der Waals surface area (Å²) < 4.78 is 13.3. The lowest BCUT2D eigenvalue weighted by atomic mass is 9.84. The minimum Gasteiger partial charge on any atom is -0.410 e. The Hall–Kier alpha value is -1.91. The third-order valence-corrected chi connectivity index (χ3v) is 2.88. The van der Waals surface area contributed by atoms with E-state index in [1.165, 1.54) is 12.1 Å². The van der Waals surface area contributed by atoms with E-state index in [9.17, 15) is 9.18 Å². The molecule has 0 unspecified atom stereocenters. The fourth-order valence-corrected chi connectivity index (χ4v) is 2.11. The Morgan fingerprint density at radius 2 is 2.06 bits per heavy atom. The molecule has 0 spiro atoms. The van der Waals surface area contributed by atoms with Gasteiger partial charge in [-0.2, -0.15) is 0 Å². The number of nitrogens with zero attached hydrogens (tertiary/aromatic N) is 1. The van der Waals surface area contributed by atoms with Gasteiger partial charge in [0.1, 0.15) is 5.82 Å². The van der Waals surface area contributed by atoms with Crippen molar-refractivity contribution in [3.63, 3.8) is 0 Å². The second-order valence-electron chi connectivity index (χ2n) is 4.67. The zero-order valence-electron chi connectivity index (χ0n) is 9.84. The summed E-state index contributed by atoms with van der Waals surface area (Å²) in [4.78, 5) is 12.1. The van der Waals surface area contributed by atoms with Gasteiger partial charge in [-0.05, 0) is 38.5 Å². The van der Waals surface area contributed by atoms with Gasteiger partial charge in [0.2, 0.25) is 5.78 Å². The van der Waals surface area contributed by atoms with E-state index >= 15 is 0 Å². The summed E-state index contributed by atoms with van der Waals surface area (Å²) in [5.74, 6) is -0.773. The highest BCUT2D eigenvalue weighted by atomic mass is 19.1. The van der Waals surface area contributed by atoms with E-state index in [2.05, 4.69) is 10.5 Å². The number of halogens is 1. The van der Waals surface area contributed by atoms with Crippen LogP contribution in [0.4, 0.5) is 10.1 Å². The normalized spacial score (nSPS) is 20.0. The van der Waals surface area contributed by atoms with Crippen molar-refractivity contribution in [3.05, 3.63) is 29.1 Å². The van der Waals surface area contributed by atoms with Crippen molar-refractivity contribution in [2.45, 2.75) is 26.3 Å². The first-order valence-corrected chi connectivity index (χ1v) is 5.22. The molecule has 5 heteroatoms. The summed E-state index contributed by atoms with van der Waals surface area (Å²) in [5.41, 5.74) is 0.524. The van der Waals surface area contributed by atoms with Gasteiger partial charge in [-0.1, -0.05) is 5.16 Å². The van der Waals surface area contributed by atoms with Crippen LogP contribution in [0, 0.1) is 12.7 Å². The summed E-state index contributed by atoms with van der Waals surface area (Å²) in [6.07, 6.45) is 0. The molecule has 0 radical (unpaired) electrons. The molecule has 4 nitrogen and oxygen atoms in total. The van der Waals surface area contributed by atoms with E-state index in [0.29, 0.717) is 16.8 Å². The van der Waals surface area contributed by atoms with Gasteiger partial charge in [0.15, 0.2) is 5.71 Å². The minimum atomic E-state index is -0.820. The molecule has 0 aliphatic carbocycles. The number of hydrogen-bond acceptors (Lipinski definition) is 4. The minimum absolute atomic E-state index is 0.0275. The molecule has 1 aliphatic rings. The van der Waals surface area contributed by atoms with Crippen molar-refractivity contribution in [2.75, 3.05) is 5.32 Å². The molecule has 17 heavy (non-hydrogen) atoms. The van der Waals surface area contributed by atoms with Crippen LogP contribution < -0.4 is 5.32 Å². The van der Waals surface area contributed by atoms with Crippen LogP contribution in [0.15, 0.2) is 17.3 Å². The van der Waals surface area contributed by atoms with E-state index in [1.54, 1.807) is 20.8 Å². The SMILES string of the molecule is Cc1cc(F)cc2c1C(=O)C(=NO)C(C)(C)N2. The molecule has 0 atom stereocenters. The summed E-state index contributed by atoms with van der Waals surface area (Å²) in [6.45, 7) is 5.04. The quantitative estimate of drug-likeness (QED) is 0.537. The maximum Gasteiger partial charge on any atom is 0.215 e. The molecule has 90 valence electrons. The highest BCUT2D eigenvalue weighted by Crippen LogP contribution is 2.31. The number of rotatable bonds is 0. The first-order valence-electron chi connectivity index (χ1n) is 5.22. The van der Waals surface area contributed by atoms with Crippen molar-refractivity contribution < 1.29 is 14.4 Å². The van der Waals surface area contributed by atoms with Gasteiger partial charge in [0.05, 0.1) is 11.1 Å². The van der Waals surface area contributed by atoms with Crippen LogP contribution >= 0.6 is 0 Å². The topological polar surface area (TPSA) is 61.7 Å². The Labute approximate surface area is 98.1 Å². The Kier molecular flexibility index (Phi) is 2.41. The van der Waals surface area contributed by atoms with E-state index in [4.69, 9.17) is 5.21 Å². The van der Waals surface area contributed by atoms with Crippen LogP contribution in [0.3, 0.4) is 0 Å². The van der Waals surface area contributed by atoms with Gasteiger partial charge in [-0.15, -0.1) is 0 Å². The van der Waals surface area contributed by atoms with E-state index < -0.39 is 11.4 Å². The van der Waals surface area contributed by atoms with Crippen molar-refractivity contribution in [1.29, 1.82) is 0 Å². The molecule has 0 aromatic heterocycles. The number of oxime groups is 1. The number of aryl methyl sites for hydroxylation is 1. The van der Waals surface area contributed by atoms with E-state index in [0.717, 1.165) is 0 Å². The molecule has 0 bridgehead atoms. The Bertz CT molecular complexity index is 536. The summed E-state index contributed by atoms with van der Waals surface area (Å²) in [7, 11) is 0. The molecule has 1 aromatic rings. The number of Topliss-reactive ketones (excluding diaryl/α,β-unsaturated/α-hetero) is 1. The number of fused-ring (bicyclic) bond motifs is 1. The van der Waals surface area contributed by atoms with Crippen LogP contribution in [-0.2, 0) is 0 Å². The van der Waals surface area contributed by atoms with Gasteiger partial charge in [0.25, 0.3) is 0 Å². The van der Waals surface area contributed by atoms with Crippen LogP contribution in [-0.4, -0.2) is 22.2 Å². The molecule has 0 saturated heterocycles. The largest absolute Gasteiger partial charge is 0.410 e. The standard InChI is InChI=1S/C12H13FN2O2/c1-6-4-7(13)5-8-9(6)10(16)11(15-17)12(2,3)14-8/h4-5,14,17H,1-3H3.